The quantitative estimate of drug-likeness (QED) is 0.0358. The first-order chi connectivity index (χ1) is 23.6. The molecule has 0 unspecified atom stereocenters. The highest BCUT2D eigenvalue weighted by atomic mass is 16.5. The summed E-state index contributed by atoms with van der Waals surface area (Å²) >= 11 is 0. The van der Waals surface area contributed by atoms with E-state index >= 15 is 0 Å². The SMILES string of the molecule is CCCCCCCCCCCCCCCCCC(=O)Oc1ccc(C=Nc2ccc(C(=O)Oc3ccc(C4=C=CC=C4)cc3)cc2)cc1. The molecule has 5 nitrogen and oxygen atoms in total. The minimum absolute atomic E-state index is 0.182. The van der Waals surface area contributed by atoms with Crippen LogP contribution in [-0.4, -0.2) is 18.2 Å². The van der Waals surface area contributed by atoms with Crippen LogP contribution in [0, 0.1) is 0 Å². The summed E-state index contributed by atoms with van der Waals surface area (Å²) in [6.45, 7) is 2.27. The second-order valence-corrected chi connectivity index (χ2v) is 12.5. The van der Waals surface area contributed by atoms with Crippen LogP contribution in [0.15, 0.2) is 102 Å². The number of rotatable bonds is 22. The van der Waals surface area contributed by atoms with Gasteiger partial charge in [0.05, 0.1) is 11.3 Å². The molecule has 0 radical (unpaired) electrons. The van der Waals surface area contributed by atoms with Crippen molar-refractivity contribution < 1.29 is 19.1 Å². The molecule has 0 N–H and O–H groups in total. The predicted octanol–water partition coefficient (Wildman–Crippen LogP) is 11.9. The van der Waals surface area contributed by atoms with Crippen molar-refractivity contribution >= 4 is 29.4 Å². The molecule has 3 aromatic rings. The van der Waals surface area contributed by atoms with Crippen LogP contribution >= 0.6 is 0 Å². The molecule has 0 atom stereocenters. The molecule has 4 rings (SSSR count). The van der Waals surface area contributed by atoms with E-state index in [2.05, 4.69) is 17.6 Å². The average Bonchev–Trinajstić information content (AvgIpc) is 3.66. The van der Waals surface area contributed by atoms with E-state index in [9.17, 15) is 9.59 Å². The Morgan fingerprint density at radius 3 is 1.75 bits per heavy atom. The fourth-order valence-corrected chi connectivity index (χ4v) is 5.66. The summed E-state index contributed by atoms with van der Waals surface area (Å²) in [6, 6.07) is 21.6. The van der Waals surface area contributed by atoms with E-state index in [4.69, 9.17) is 9.47 Å². The molecule has 0 saturated carbocycles. The van der Waals surface area contributed by atoms with Crippen LogP contribution in [0.3, 0.4) is 0 Å². The van der Waals surface area contributed by atoms with Gasteiger partial charge < -0.3 is 9.47 Å². The zero-order chi connectivity index (χ0) is 33.7. The molecular weight excluding hydrogens is 594 g/mol. The Bertz CT molecular complexity index is 1530. The second-order valence-electron chi connectivity index (χ2n) is 12.5. The van der Waals surface area contributed by atoms with Gasteiger partial charge in [-0.25, -0.2) is 4.79 Å². The van der Waals surface area contributed by atoms with Crippen LogP contribution in [0.4, 0.5) is 5.69 Å². The Hall–Kier alpha value is -4.47. The van der Waals surface area contributed by atoms with Crippen molar-refractivity contribution in [2.75, 3.05) is 0 Å². The van der Waals surface area contributed by atoms with E-state index in [0.29, 0.717) is 29.2 Å². The number of carbonyl (C=O) groups is 2. The largest absolute Gasteiger partial charge is 0.427 e. The highest BCUT2D eigenvalue weighted by Gasteiger charge is 2.10. The van der Waals surface area contributed by atoms with Crippen molar-refractivity contribution in [2.24, 2.45) is 4.99 Å². The third-order valence-electron chi connectivity index (χ3n) is 8.54. The van der Waals surface area contributed by atoms with Crippen LogP contribution in [0.2, 0.25) is 0 Å². The maximum absolute atomic E-state index is 12.6. The molecule has 0 fully saturated rings. The Labute approximate surface area is 287 Å². The fraction of sp³-hybridized carbons (Fsp3) is 0.395. The van der Waals surface area contributed by atoms with Crippen molar-refractivity contribution in [3.8, 4) is 11.5 Å². The number of benzene rings is 3. The number of unbranched alkanes of at least 4 members (excludes halogenated alkanes) is 14. The molecular formula is C43H51NO4. The summed E-state index contributed by atoms with van der Waals surface area (Å²) in [4.78, 5) is 29.4. The van der Waals surface area contributed by atoms with Gasteiger partial charge in [-0.05, 0) is 90.4 Å². The molecule has 0 amide bonds. The van der Waals surface area contributed by atoms with Crippen LogP contribution in [0.5, 0.6) is 11.5 Å². The Kier molecular flexibility index (Phi) is 16.2. The lowest BCUT2D eigenvalue weighted by molar-refractivity contribution is -0.134. The minimum atomic E-state index is -0.428. The zero-order valence-corrected chi connectivity index (χ0v) is 28.6. The Morgan fingerprint density at radius 1 is 0.646 bits per heavy atom. The number of hydrogen-bond acceptors (Lipinski definition) is 5. The second kappa shape index (κ2) is 21.4. The molecule has 0 saturated heterocycles. The molecule has 0 bridgehead atoms. The molecule has 1 aliphatic rings. The van der Waals surface area contributed by atoms with E-state index < -0.39 is 5.97 Å². The van der Waals surface area contributed by atoms with Crippen LogP contribution in [0.25, 0.3) is 5.57 Å². The standard InChI is InChI=1S/C43H51NO4/c1-2-3-4-5-6-7-8-9-10-11-12-13-14-15-16-21-42(45)47-40-30-22-35(23-31-40)34-44-39-28-24-38(25-29-39)43(46)48-41-32-26-37(27-33-41)36-19-17-18-20-36/h17-19,22-34H,2-16,21H2,1H3. The molecule has 0 aromatic heterocycles. The molecule has 0 spiro atoms. The van der Waals surface area contributed by atoms with Crippen molar-refractivity contribution in [1.82, 2.24) is 0 Å². The predicted molar refractivity (Wildman–Crippen MR) is 197 cm³/mol. The average molecular weight is 646 g/mol. The highest BCUT2D eigenvalue weighted by Crippen LogP contribution is 2.23. The number of allylic oxidation sites excluding steroid dienone is 3. The van der Waals surface area contributed by atoms with Gasteiger partial charge >= 0.3 is 11.9 Å². The van der Waals surface area contributed by atoms with Crippen LogP contribution < -0.4 is 9.47 Å². The normalized spacial score (nSPS) is 12.1. The Balaban J connectivity index is 1.06. The first kappa shape index (κ1) is 36.4. The number of carbonyl (C=O) groups excluding carboxylic acids is 2. The fourth-order valence-electron chi connectivity index (χ4n) is 5.66. The molecule has 48 heavy (non-hydrogen) atoms. The van der Waals surface area contributed by atoms with Crippen molar-refractivity contribution in [3.05, 3.63) is 113 Å². The number of hydrogen-bond donors (Lipinski definition) is 0. The van der Waals surface area contributed by atoms with Gasteiger partial charge in [0.1, 0.15) is 11.5 Å². The van der Waals surface area contributed by atoms with Gasteiger partial charge in [-0.2, -0.15) is 0 Å². The summed E-state index contributed by atoms with van der Waals surface area (Å²) < 4.78 is 11.0. The maximum Gasteiger partial charge on any atom is 0.343 e. The molecule has 1 aliphatic carbocycles. The summed E-state index contributed by atoms with van der Waals surface area (Å²) in [7, 11) is 0. The van der Waals surface area contributed by atoms with Crippen molar-refractivity contribution in [2.45, 2.75) is 110 Å². The summed E-state index contributed by atoms with van der Waals surface area (Å²) in [5.41, 5.74) is 7.21. The van der Waals surface area contributed by atoms with E-state index in [1.807, 2.05) is 42.5 Å². The van der Waals surface area contributed by atoms with E-state index in [1.165, 1.54) is 83.5 Å². The van der Waals surface area contributed by atoms with Crippen molar-refractivity contribution in [1.29, 1.82) is 0 Å². The van der Waals surface area contributed by atoms with Gasteiger partial charge in [0, 0.05) is 18.2 Å². The maximum atomic E-state index is 12.6. The lowest BCUT2D eigenvalue weighted by Crippen LogP contribution is -2.08. The van der Waals surface area contributed by atoms with Gasteiger partial charge in [-0.3, -0.25) is 9.79 Å². The molecule has 0 heterocycles. The van der Waals surface area contributed by atoms with Crippen molar-refractivity contribution in [3.63, 3.8) is 0 Å². The summed E-state index contributed by atoms with van der Waals surface area (Å²) in [5, 5.41) is 0. The lowest BCUT2D eigenvalue weighted by Gasteiger charge is -2.06. The summed E-state index contributed by atoms with van der Waals surface area (Å²) in [6.07, 6.45) is 27.5. The highest BCUT2D eigenvalue weighted by molar-refractivity contribution is 5.91. The molecule has 0 aliphatic heterocycles. The number of esters is 2. The first-order valence-corrected chi connectivity index (χ1v) is 18.0. The number of aliphatic imine (C=N–C) groups is 1. The first-order valence-electron chi connectivity index (χ1n) is 18.0. The number of ether oxygens (including phenoxy) is 2. The smallest absolute Gasteiger partial charge is 0.343 e. The van der Waals surface area contributed by atoms with E-state index in [1.54, 1.807) is 54.7 Å². The topological polar surface area (TPSA) is 65.0 Å². The van der Waals surface area contributed by atoms with Gasteiger partial charge in [0.15, 0.2) is 0 Å². The van der Waals surface area contributed by atoms with Gasteiger partial charge in [-0.1, -0.05) is 115 Å². The zero-order valence-electron chi connectivity index (χ0n) is 28.6. The monoisotopic (exact) mass is 645 g/mol. The molecule has 3 aromatic carbocycles. The van der Waals surface area contributed by atoms with E-state index in [0.717, 1.165) is 29.5 Å². The molecule has 252 valence electrons. The van der Waals surface area contributed by atoms with Crippen LogP contribution in [-0.2, 0) is 4.79 Å². The third kappa shape index (κ3) is 13.7. The van der Waals surface area contributed by atoms with Crippen LogP contribution in [0.1, 0.15) is 131 Å². The Morgan fingerprint density at radius 2 is 1.19 bits per heavy atom. The van der Waals surface area contributed by atoms with E-state index in [-0.39, 0.29) is 5.97 Å². The third-order valence-corrected chi connectivity index (χ3v) is 8.54. The van der Waals surface area contributed by atoms with Gasteiger partial charge in [0.2, 0.25) is 0 Å². The van der Waals surface area contributed by atoms with Gasteiger partial charge in [0.25, 0.3) is 0 Å². The van der Waals surface area contributed by atoms with Gasteiger partial charge in [-0.15, -0.1) is 5.73 Å². The minimum Gasteiger partial charge on any atom is -0.427 e. The lowest BCUT2D eigenvalue weighted by atomic mass is 10.0. The summed E-state index contributed by atoms with van der Waals surface area (Å²) in [5.74, 6) is 0.415. The number of nitrogens with zero attached hydrogens (tertiary/aromatic N) is 1. The molecule has 5 heteroatoms.